The van der Waals surface area contributed by atoms with Crippen LogP contribution in [0.4, 0.5) is 0 Å². The van der Waals surface area contributed by atoms with Crippen molar-refractivity contribution in [3.05, 3.63) is 84.1 Å². The smallest absolute Gasteiger partial charge is 0.227 e. The minimum absolute atomic E-state index is 0.439. The second-order valence-corrected chi connectivity index (χ2v) is 8.28. The summed E-state index contributed by atoms with van der Waals surface area (Å²) < 4.78 is 13.6. The molecule has 0 aliphatic heterocycles. The van der Waals surface area contributed by atoms with Gasteiger partial charge in [0.1, 0.15) is 5.75 Å². The van der Waals surface area contributed by atoms with Crippen molar-refractivity contribution < 1.29 is 14.6 Å². The first-order valence-corrected chi connectivity index (χ1v) is 11.4. The van der Waals surface area contributed by atoms with E-state index in [1.807, 2.05) is 72.3 Å². The number of rotatable bonds is 13. The van der Waals surface area contributed by atoms with E-state index in [-0.39, 0.29) is 0 Å². The standard InChI is InChI=1S/C27H35N3O3/c1-5-6-12-24(31)19-29(17-18-32-4)20-26-22(3)28-30(23-10-8-7-9-11-23)27(26)33-25-15-13-21(2)14-16-25/h5,7-11,13-16,24,31H,1,6,12,17-20H2,2-4H3/t24-/m0/s1. The third kappa shape index (κ3) is 7.02. The third-order valence-corrected chi connectivity index (χ3v) is 5.54. The van der Waals surface area contributed by atoms with E-state index in [2.05, 4.69) is 18.4 Å². The van der Waals surface area contributed by atoms with Crippen LogP contribution < -0.4 is 4.74 Å². The normalized spacial score (nSPS) is 12.2. The molecule has 0 unspecified atom stereocenters. The largest absolute Gasteiger partial charge is 0.439 e. The average Bonchev–Trinajstić information content (AvgIpc) is 3.13. The highest BCUT2D eigenvalue weighted by atomic mass is 16.5. The third-order valence-electron chi connectivity index (χ3n) is 5.54. The molecule has 6 nitrogen and oxygen atoms in total. The minimum atomic E-state index is -0.439. The van der Waals surface area contributed by atoms with E-state index in [4.69, 9.17) is 14.6 Å². The number of hydrogen-bond acceptors (Lipinski definition) is 5. The van der Waals surface area contributed by atoms with Crippen molar-refractivity contribution in [1.29, 1.82) is 0 Å². The minimum Gasteiger partial charge on any atom is -0.439 e. The zero-order chi connectivity index (χ0) is 23.6. The quantitative estimate of drug-likeness (QED) is 0.370. The number of methoxy groups -OCH3 is 1. The van der Waals surface area contributed by atoms with Crippen LogP contribution in [0.15, 0.2) is 67.3 Å². The van der Waals surface area contributed by atoms with Gasteiger partial charge in [0.2, 0.25) is 5.88 Å². The second-order valence-electron chi connectivity index (χ2n) is 8.28. The average molecular weight is 450 g/mol. The van der Waals surface area contributed by atoms with Crippen LogP contribution in [0.3, 0.4) is 0 Å². The van der Waals surface area contributed by atoms with Gasteiger partial charge in [-0.15, -0.1) is 6.58 Å². The van der Waals surface area contributed by atoms with Crippen LogP contribution in [0.5, 0.6) is 11.6 Å². The van der Waals surface area contributed by atoms with Crippen LogP contribution in [0.25, 0.3) is 5.69 Å². The number of allylic oxidation sites excluding steroid dienone is 1. The van der Waals surface area contributed by atoms with Crippen molar-refractivity contribution in [2.75, 3.05) is 26.8 Å². The summed E-state index contributed by atoms with van der Waals surface area (Å²) in [5.74, 6) is 1.44. The molecule has 176 valence electrons. The lowest BCUT2D eigenvalue weighted by Crippen LogP contribution is -2.34. The highest BCUT2D eigenvalue weighted by Crippen LogP contribution is 2.32. The number of benzene rings is 2. The van der Waals surface area contributed by atoms with Gasteiger partial charge in [-0.3, -0.25) is 4.90 Å². The fourth-order valence-corrected chi connectivity index (χ4v) is 3.67. The number of aliphatic hydroxyl groups excluding tert-OH is 1. The van der Waals surface area contributed by atoms with Crippen LogP contribution in [-0.2, 0) is 11.3 Å². The summed E-state index contributed by atoms with van der Waals surface area (Å²) in [5.41, 5.74) is 3.99. The lowest BCUT2D eigenvalue weighted by atomic mass is 10.1. The Morgan fingerprint density at radius 1 is 1.12 bits per heavy atom. The summed E-state index contributed by atoms with van der Waals surface area (Å²) in [4.78, 5) is 2.19. The van der Waals surface area contributed by atoms with Gasteiger partial charge in [-0.1, -0.05) is 42.0 Å². The number of ether oxygens (including phenoxy) is 2. The summed E-state index contributed by atoms with van der Waals surface area (Å²) >= 11 is 0. The Bertz CT molecular complexity index is 999. The molecule has 2 aromatic carbocycles. The second kappa shape index (κ2) is 12.3. The molecule has 0 saturated carbocycles. The number of aromatic nitrogens is 2. The number of aliphatic hydroxyl groups is 1. The lowest BCUT2D eigenvalue weighted by molar-refractivity contribution is 0.0804. The van der Waals surface area contributed by atoms with Gasteiger partial charge in [0.05, 0.1) is 29.7 Å². The molecule has 0 aliphatic carbocycles. The molecule has 0 spiro atoms. The predicted molar refractivity (Wildman–Crippen MR) is 132 cm³/mol. The first-order valence-electron chi connectivity index (χ1n) is 11.4. The Labute approximate surface area is 197 Å². The number of nitrogens with zero attached hydrogens (tertiary/aromatic N) is 3. The first kappa shape index (κ1) is 24.7. The van der Waals surface area contributed by atoms with Gasteiger partial charge in [0, 0.05) is 26.7 Å². The molecule has 33 heavy (non-hydrogen) atoms. The summed E-state index contributed by atoms with van der Waals surface area (Å²) in [6.45, 7) is 10.2. The maximum Gasteiger partial charge on any atom is 0.227 e. The highest BCUT2D eigenvalue weighted by Gasteiger charge is 2.22. The van der Waals surface area contributed by atoms with Gasteiger partial charge in [-0.25, -0.2) is 4.68 Å². The Kier molecular flexibility index (Phi) is 9.24. The molecule has 1 aromatic heterocycles. The van der Waals surface area contributed by atoms with Crippen LogP contribution in [0, 0.1) is 13.8 Å². The SMILES string of the molecule is C=CCC[C@H](O)CN(CCOC)Cc1c(C)nn(-c2ccccc2)c1Oc1ccc(C)cc1. The molecule has 0 aliphatic rings. The van der Waals surface area contributed by atoms with E-state index in [9.17, 15) is 5.11 Å². The zero-order valence-electron chi connectivity index (χ0n) is 19.9. The predicted octanol–water partition coefficient (Wildman–Crippen LogP) is 5.06. The number of aryl methyl sites for hydroxylation is 2. The zero-order valence-corrected chi connectivity index (χ0v) is 19.9. The summed E-state index contributed by atoms with van der Waals surface area (Å²) in [5, 5.41) is 15.3. The molecule has 0 bridgehead atoms. The van der Waals surface area contributed by atoms with E-state index >= 15 is 0 Å². The fraction of sp³-hybridized carbons (Fsp3) is 0.370. The van der Waals surface area contributed by atoms with Crippen molar-refractivity contribution in [2.24, 2.45) is 0 Å². The number of para-hydroxylation sites is 1. The molecule has 1 heterocycles. The Morgan fingerprint density at radius 3 is 2.52 bits per heavy atom. The molecule has 6 heteroatoms. The highest BCUT2D eigenvalue weighted by molar-refractivity contribution is 5.43. The Balaban J connectivity index is 1.94. The van der Waals surface area contributed by atoms with Crippen molar-refractivity contribution >= 4 is 0 Å². The lowest BCUT2D eigenvalue weighted by Gasteiger charge is -2.25. The topological polar surface area (TPSA) is 59.8 Å². The summed E-state index contributed by atoms with van der Waals surface area (Å²) in [7, 11) is 1.69. The van der Waals surface area contributed by atoms with Gasteiger partial charge in [-0.2, -0.15) is 5.10 Å². The Hall–Kier alpha value is -2.93. The summed E-state index contributed by atoms with van der Waals surface area (Å²) in [6.07, 6.45) is 2.86. The van der Waals surface area contributed by atoms with Gasteiger partial charge in [0.25, 0.3) is 0 Å². The van der Waals surface area contributed by atoms with Crippen molar-refractivity contribution in [1.82, 2.24) is 14.7 Å². The van der Waals surface area contributed by atoms with Crippen LogP contribution in [0.1, 0.15) is 29.7 Å². The van der Waals surface area contributed by atoms with Crippen molar-refractivity contribution in [2.45, 2.75) is 39.3 Å². The van der Waals surface area contributed by atoms with E-state index in [0.29, 0.717) is 38.5 Å². The van der Waals surface area contributed by atoms with Gasteiger partial charge < -0.3 is 14.6 Å². The van der Waals surface area contributed by atoms with Gasteiger partial charge >= 0.3 is 0 Å². The summed E-state index contributed by atoms with van der Waals surface area (Å²) in [6, 6.07) is 18.0. The molecule has 3 rings (SSSR count). The maximum absolute atomic E-state index is 10.5. The van der Waals surface area contributed by atoms with Crippen LogP contribution >= 0.6 is 0 Å². The van der Waals surface area contributed by atoms with Gasteiger partial charge in [0.15, 0.2) is 0 Å². The van der Waals surface area contributed by atoms with Crippen molar-refractivity contribution in [3.63, 3.8) is 0 Å². The molecule has 1 atom stereocenters. The molecular formula is C27H35N3O3. The molecule has 0 saturated heterocycles. The molecule has 0 fully saturated rings. The molecule has 1 N–H and O–H groups in total. The van der Waals surface area contributed by atoms with Gasteiger partial charge in [-0.05, 0) is 51.0 Å². The molecule has 3 aromatic rings. The molecule has 0 radical (unpaired) electrons. The van der Waals surface area contributed by atoms with Crippen molar-refractivity contribution in [3.8, 4) is 17.3 Å². The molecule has 0 amide bonds. The maximum atomic E-state index is 10.5. The van der Waals surface area contributed by atoms with Crippen LogP contribution in [0.2, 0.25) is 0 Å². The fourth-order valence-electron chi connectivity index (χ4n) is 3.67. The van der Waals surface area contributed by atoms with E-state index in [0.717, 1.165) is 29.1 Å². The molecular weight excluding hydrogens is 414 g/mol. The Morgan fingerprint density at radius 2 is 1.85 bits per heavy atom. The number of hydrogen-bond donors (Lipinski definition) is 1. The van der Waals surface area contributed by atoms with E-state index in [1.165, 1.54) is 5.56 Å². The van der Waals surface area contributed by atoms with E-state index in [1.54, 1.807) is 7.11 Å². The first-order chi connectivity index (χ1) is 16.0. The van der Waals surface area contributed by atoms with Crippen LogP contribution in [-0.4, -0.2) is 52.7 Å². The van der Waals surface area contributed by atoms with E-state index < -0.39 is 6.10 Å². The monoisotopic (exact) mass is 449 g/mol.